The number of hydrogen-bond donors (Lipinski definition) is 1. The lowest BCUT2D eigenvalue weighted by atomic mass is 10.0. The molecule has 0 bridgehead atoms. The van der Waals surface area contributed by atoms with Crippen molar-refractivity contribution in [1.29, 1.82) is 0 Å². The summed E-state index contributed by atoms with van der Waals surface area (Å²) in [6.45, 7) is 12.3. The third-order valence-electron chi connectivity index (χ3n) is 6.12. The van der Waals surface area contributed by atoms with Gasteiger partial charge in [-0.3, -0.25) is 4.90 Å². The van der Waals surface area contributed by atoms with E-state index < -0.39 is 0 Å². The van der Waals surface area contributed by atoms with Crippen LogP contribution in [0.2, 0.25) is 0 Å². The number of nitrogens with one attached hydrogen (secondary N) is 1. The van der Waals surface area contributed by atoms with Gasteiger partial charge in [0.1, 0.15) is 0 Å². The van der Waals surface area contributed by atoms with Gasteiger partial charge in [0.25, 0.3) is 0 Å². The molecule has 168 valence electrons. The molecule has 0 spiro atoms. The second-order valence-electron chi connectivity index (χ2n) is 8.21. The molecule has 1 aromatic heterocycles. The number of piperidine rings is 1. The number of aromatic nitrogens is 3. The topological polar surface area (TPSA) is 69.7 Å². The van der Waals surface area contributed by atoms with Crippen molar-refractivity contribution >= 4 is 17.8 Å². The van der Waals surface area contributed by atoms with Gasteiger partial charge in [0, 0.05) is 51.9 Å². The van der Waals surface area contributed by atoms with Crippen LogP contribution in [-0.4, -0.2) is 78.4 Å². The molecule has 0 atom stereocenters. The maximum atomic E-state index is 5.50. The molecular weight excluding hydrogens is 390 g/mol. The quantitative estimate of drug-likeness (QED) is 0.692. The first kappa shape index (κ1) is 21.8. The van der Waals surface area contributed by atoms with Gasteiger partial charge in [-0.15, -0.1) is 0 Å². The van der Waals surface area contributed by atoms with Gasteiger partial charge in [-0.25, -0.2) is 0 Å². The van der Waals surface area contributed by atoms with E-state index in [-0.39, 0.29) is 0 Å². The summed E-state index contributed by atoms with van der Waals surface area (Å²) < 4.78 is 5.50. The molecule has 8 nitrogen and oxygen atoms in total. The molecule has 1 aromatic carbocycles. The Morgan fingerprint density at radius 3 is 2.35 bits per heavy atom. The van der Waals surface area contributed by atoms with E-state index in [2.05, 4.69) is 64.2 Å². The Kier molecular flexibility index (Phi) is 7.53. The lowest BCUT2D eigenvalue weighted by molar-refractivity contribution is 0.122. The average molecular weight is 426 g/mol. The predicted octanol–water partition coefficient (Wildman–Crippen LogP) is 2.63. The highest BCUT2D eigenvalue weighted by atomic mass is 16.5. The first-order valence-corrected chi connectivity index (χ1v) is 11.6. The highest BCUT2D eigenvalue weighted by Crippen LogP contribution is 2.21. The molecule has 0 radical (unpaired) electrons. The molecular formula is C23H35N7O. The van der Waals surface area contributed by atoms with E-state index in [1.165, 1.54) is 5.56 Å². The molecule has 4 rings (SSSR count). The molecule has 0 aliphatic carbocycles. The Hall–Kier alpha value is -2.45. The number of morpholine rings is 1. The molecule has 2 aliphatic heterocycles. The molecule has 0 unspecified atom stereocenters. The van der Waals surface area contributed by atoms with Crippen molar-refractivity contribution in [2.75, 3.05) is 67.6 Å². The van der Waals surface area contributed by atoms with Crippen molar-refractivity contribution in [2.24, 2.45) is 0 Å². The molecule has 0 amide bonds. The van der Waals surface area contributed by atoms with Gasteiger partial charge < -0.3 is 19.9 Å². The second kappa shape index (κ2) is 10.7. The Bertz CT molecular complexity index is 801. The fraction of sp³-hybridized carbons (Fsp3) is 0.609. The standard InChI is InChI=1S/C23H35N7O/c1-3-29(4-2)22-25-21(26-23(27-22)30-14-16-31-17-15-30)24-20-10-12-28(13-11-20)18-19-8-6-5-7-9-19/h5-9,20H,3-4,10-18H2,1-2H3,(H,24,25,26,27). The minimum absolute atomic E-state index is 0.386. The van der Waals surface area contributed by atoms with Crippen molar-refractivity contribution in [1.82, 2.24) is 19.9 Å². The van der Waals surface area contributed by atoms with Gasteiger partial charge in [-0.05, 0) is 32.3 Å². The van der Waals surface area contributed by atoms with Gasteiger partial charge in [-0.1, -0.05) is 30.3 Å². The van der Waals surface area contributed by atoms with Gasteiger partial charge in [0.2, 0.25) is 17.8 Å². The Labute approximate surface area is 185 Å². The van der Waals surface area contributed by atoms with Crippen LogP contribution in [0.25, 0.3) is 0 Å². The van der Waals surface area contributed by atoms with Crippen LogP contribution in [-0.2, 0) is 11.3 Å². The predicted molar refractivity (Wildman–Crippen MR) is 125 cm³/mol. The number of nitrogens with zero attached hydrogens (tertiary/aromatic N) is 6. The van der Waals surface area contributed by atoms with Crippen LogP contribution in [0.1, 0.15) is 32.3 Å². The van der Waals surface area contributed by atoms with Crippen molar-refractivity contribution in [3.05, 3.63) is 35.9 Å². The molecule has 31 heavy (non-hydrogen) atoms. The Morgan fingerprint density at radius 1 is 0.968 bits per heavy atom. The summed E-state index contributed by atoms with van der Waals surface area (Å²) in [6, 6.07) is 11.1. The van der Waals surface area contributed by atoms with E-state index >= 15 is 0 Å². The molecule has 8 heteroatoms. The number of likely N-dealkylation sites (tertiary alicyclic amines) is 1. The monoisotopic (exact) mass is 425 g/mol. The highest BCUT2D eigenvalue weighted by molar-refractivity contribution is 5.46. The van der Waals surface area contributed by atoms with E-state index in [4.69, 9.17) is 19.7 Å². The van der Waals surface area contributed by atoms with Gasteiger partial charge in [0.05, 0.1) is 13.2 Å². The lowest BCUT2D eigenvalue weighted by Gasteiger charge is -2.33. The SMILES string of the molecule is CCN(CC)c1nc(NC2CCN(Cc3ccccc3)CC2)nc(N2CCOCC2)n1. The minimum Gasteiger partial charge on any atom is -0.378 e. The van der Waals surface area contributed by atoms with Crippen LogP contribution < -0.4 is 15.1 Å². The van der Waals surface area contributed by atoms with E-state index in [0.29, 0.717) is 12.0 Å². The summed E-state index contributed by atoms with van der Waals surface area (Å²) in [5.41, 5.74) is 1.38. The maximum absolute atomic E-state index is 5.50. The third-order valence-corrected chi connectivity index (χ3v) is 6.12. The zero-order valence-electron chi connectivity index (χ0n) is 18.8. The number of ether oxygens (including phenoxy) is 1. The number of anilines is 3. The number of benzene rings is 1. The van der Waals surface area contributed by atoms with Crippen molar-refractivity contribution < 1.29 is 4.74 Å². The molecule has 0 saturated carbocycles. The first-order valence-electron chi connectivity index (χ1n) is 11.6. The van der Waals surface area contributed by atoms with E-state index in [1.807, 2.05) is 0 Å². The summed E-state index contributed by atoms with van der Waals surface area (Å²) in [4.78, 5) is 21.2. The van der Waals surface area contributed by atoms with Crippen molar-refractivity contribution in [3.8, 4) is 0 Å². The Morgan fingerprint density at radius 2 is 1.68 bits per heavy atom. The normalized spacial score (nSPS) is 18.2. The summed E-state index contributed by atoms with van der Waals surface area (Å²) in [7, 11) is 0. The average Bonchev–Trinajstić information content (AvgIpc) is 2.82. The molecule has 3 heterocycles. The number of rotatable bonds is 8. The van der Waals surface area contributed by atoms with E-state index in [0.717, 1.165) is 83.8 Å². The van der Waals surface area contributed by atoms with Crippen LogP contribution in [0.15, 0.2) is 30.3 Å². The van der Waals surface area contributed by atoms with Gasteiger partial charge in [0.15, 0.2) is 0 Å². The smallest absolute Gasteiger partial charge is 0.232 e. The highest BCUT2D eigenvalue weighted by Gasteiger charge is 2.22. The molecule has 2 fully saturated rings. The largest absolute Gasteiger partial charge is 0.378 e. The Balaban J connectivity index is 1.41. The van der Waals surface area contributed by atoms with Crippen molar-refractivity contribution in [2.45, 2.75) is 39.3 Å². The molecule has 2 aliphatic rings. The lowest BCUT2D eigenvalue weighted by Crippen LogP contribution is -2.40. The second-order valence-corrected chi connectivity index (χ2v) is 8.21. The fourth-order valence-electron chi connectivity index (χ4n) is 4.23. The van der Waals surface area contributed by atoms with E-state index in [1.54, 1.807) is 0 Å². The molecule has 2 aromatic rings. The summed E-state index contributed by atoms with van der Waals surface area (Å²) in [5, 5.41) is 3.61. The summed E-state index contributed by atoms with van der Waals surface area (Å²) >= 11 is 0. The molecule has 2 saturated heterocycles. The van der Waals surface area contributed by atoms with Gasteiger partial charge in [-0.2, -0.15) is 15.0 Å². The van der Waals surface area contributed by atoms with Gasteiger partial charge >= 0.3 is 0 Å². The summed E-state index contributed by atoms with van der Waals surface area (Å²) in [5.74, 6) is 2.20. The van der Waals surface area contributed by atoms with Crippen LogP contribution in [0, 0.1) is 0 Å². The minimum atomic E-state index is 0.386. The van der Waals surface area contributed by atoms with Crippen LogP contribution >= 0.6 is 0 Å². The summed E-state index contributed by atoms with van der Waals surface area (Å²) in [6.07, 6.45) is 2.18. The third kappa shape index (κ3) is 5.83. The van der Waals surface area contributed by atoms with Crippen molar-refractivity contribution in [3.63, 3.8) is 0 Å². The first-order chi connectivity index (χ1) is 15.2. The number of hydrogen-bond acceptors (Lipinski definition) is 8. The van der Waals surface area contributed by atoms with Crippen LogP contribution in [0.4, 0.5) is 17.8 Å². The van der Waals surface area contributed by atoms with Crippen LogP contribution in [0.3, 0.4) is 0 Å². The van der Waals surface area contributed by atoms with Crippen LogP contribution in [0.5, 0.6) is 0 Å². The maximum Gasteiger partial charge on any atom is 0.232 e. The molecule has 1 N–H and O–H groups in total. The fourth-order valence-corrected chi connectivity index (χ4v) is 4.23. The zero-order chi connectivity index (χ0) is 21.5. The zero-order valence-corrected chi connectivity index (χ0v) is 18.8. The van der Waals surface area contributed by atoms with E-state index in [9.17, 15) is 0 Å².